The van der Waals surface area contributed by atoms with E-state index in [1.807, 2.05) is 0 Å². The summed E-state index contributed by atoms with van der Waals surface area (Å²) in [5.41, 5.74) is 6.63. The van der Waals surface area contributed by atoms with Crippen molar-refractivity contribution in [2.24, 2.45) is 0 Å². The minimum absolute atomic E-state index is 0.178. The number of carboxylic acid groups (broad SMARTS) is 1. The summed E-state index contributed by atoms with van der Waals surface area (Å²) >= 11 is 0. The SMILES string of the molecule is Cc1ccc(C(=O)NC2CC2)cc1-n1nc(S(C)(=O)=O)c(C(=O)O)c1N. The van der Waals surface area contributed by atoms with Crippen molar-refractivity contribution in [2.45, 2.75) is 30.8 Å². The molecule has 1 amide bonds. The number of aromatic carboxylic acids is 1. The fourth-order valence-corrected chi connectivity index (χ4v) is 3.32. The maximum atomic E-state index is 12.3. The van der Waals surface area contributed by atoms with E-state index < -0.39 is 26.4 Å². The molecule has 0 atom stereocenters. The zero-order valence-electron chi connectivity index (χ0n) is 14.2. The summed E-state index contributed by atoms with van der Waals surface area (Å²) in [5.74, 6) is -2.07. The maximum Gasteiger partial charge on any atom is 0.342 e. The van der Waals surface area contributed by atoms with E-state index in [2.05, 4.69) is 10.4 Å². The molecule has 0 spiro atoms. The zero-order valence-corrected chi connectivity index (χ0v) is 15.0. The number of anilines is 1. The number of benzene rings is 1. The van der Waals surface area contributed by atoms with Gasteiger partial charge in [-0.1, -0.05) is 6.07 Å². The van der Waals surface area contributed by atoms with E-state index in [-0.39, 0.29) is 17.8 Å². The third-order valence-corrected chi connectivity index (χ3v) is 5.05. The molecule has 0 radical (unpaired) electrons. The van der Waals surface area contributed by atoms with Gasteiger partial charge >= 0.3 is 5.97 Å². The van der Waals surface area contributed by atoms with Crippen molar-refractivity contribution >= 4 is 27.5 Å². The molecular formula is C16H18N4O5S. The third-order valence-electron chi connectivity index (χ3n) is 4.07. The normalized spacial score (nSPS) is 14.2. The van der Waals surface area contributed by atoms with Crippen LogP contribution in [0.2, 0.25) is 0 Å². The van der Waals surface area contributed by atoms with Gasteiger partial charge in [-0.15, -0.1) is 0 Å². The van der Waals surface area contributed by atoms with Crippen LogP contribution in [-0.4, -0.2) is 47.5 Å². The van der Waals surface area contributed by atoms with Gasteiger partial charge in [0.25, 0.3) is 5.91 Å². The Labute approximate surface area is 149 Å². The van der Waals surface area contributed by atoms with Crippen LogP contribution in [0, 0.1) is 6.92 Å². The number of nitrogens with zero attached hydrogens (tertiary/aromatic N) is 2. The molecule has 9 nitrogen and oxygen atoms in total. The van der Waals surface area contributed by atoms with Gasteiger partial charge in [-0.3, -0.25) is 4.79 Å². The van der Waals surface area contributed by atoms with Gasteiger partial charge in [0.05, 0.1) is 5.69 Å². The van der Waals surface area contributed by atoms with Gasteiger partial charge in [0, 0.05) is 17.9 Å². The predicted octanol–water partition coefficient (Wildman–Crippen LogP) is 0.757. The first kappa shape index (κ1) is 17.9. The van der Waals surface area contributed by atoms with E-state index in [4.69, 9.17) is 5.73 Å². The molecule has 1 aliphatic rings. The predicted molar refractivity (Wildman–Crippen MR) is 93.3 cm³/mol. The Balaban J connectivity index is 2.14. The van der Waals surface area contributed by atoms with Crippen molar-refractivity contribution in [1.82, 2.24) is 15.1 Å². The van der Waals surface area contributed by atoms with E-state index in [0.717, 1.165) is 23.8 Å². The Bertz CT molecular complexity index is 1020. The van der Waals surface area contributed by atoms with Gasteiger partial charge in [0.2, 0.25) is 0 Å². The van der Waals surface area contributed by atoms with Crippen LogP contribution in [-0.2, 0) is 9.84 Å². The average molecular weight is 378 g/mol. The molecule has 1 fully saturated rings. The highest BCUT2D eigenvalue weighted by molar-refractivity contribution is 7.90. The molecule has 1 aromatic heterocycles. The van der Waals surface area contributed by atoms with Crippen LogP contribution in [0.1, 0.15) is 39.1 Å². The lowest BCUT2D eigenvalue weighted by atomic mass is 10.1. The van der Waals surface area contributed by atoms with Crippen LogP contribution in [0.15, 0.2) is 23.2 Å². The summed E-state index contributed by atoms with van der Waals surface area (Å²) in [6, 6.07) is 4.98. The van der Waals surface area contributed by atoms with Crippen LogP contribution >= 0.6 is 0 Å². The standard InChI is InChI=1S/C16H18N4O5S/c1-8-3-4-9(14(21)18-10-5-6-10)7-11(8)20-13(17)12(16(22)23)15(19-20)26(2,24)25/h3-4,7,10H,5-6,17H2,1-2H3,(H,18,21)(H,22,23). The summed E-state index contributed by atoms with van der Waals surface area (Å²) < 4.78 is 24.8. The second kappa shape index (κ2) is 6.13. The number of nitrogens with two attached hydrogens (primary N) is 1. The minimum atomic E-state index is -3.91. The molecule has 10 heteroatoms. The van der Waals surface area contributed by atoms with E-state index in [1.165, 1.54) is 6.07 Å². The molecule has 0 saturated heterocycles. The molecule has 4 N–H and O–H groups in total. The molecule has 1 aromatic carbocycles. The van der Waals surface area contributed by atoms with Crippen molar-refractivity contribution in [3.8, 4) is 5.69 Å². The first-order chi connectivity index (χ1) is 12.1. The number of nitrogens with one attached hydrogen (secondary N) is 1. The molecule has 1 saturated carbocycles. The topological polar surface area (TPSA) is 144 Å². The molecule has 26 heavy (non-hydrogen) atoms. The summed E-state index contributed by atoms with van der Waals surface area (Å²) in [7, 11) is -3.91. The minimum Gasteiger partial charge on any atom is -0.477 e. The van der Waals surface area contributed by atoms with Gasteiger partial charge in [0.15, 0.2) is 14.9 Å². The van der Waals surface area contributed by atoms with Crippen molar-refractivity contribution < 1.29 is 23.1 Å². The molecular weight excluding hydrogens is 360 g/mol. The average Bonchev–Trinajstić information content (AvgIpc) is 3.27. The Hall–Kier alpha value is -2.88. The molecule has 2 aromatic rings. The van der Waals surface area contributed by atoms with Crippen molar-refractivity contribution in [1.29, 1.82) is 0 Å². The van der Waals surface area contributed by atoms with Crippen LogP contribution in [0.5, 0.6) is 0 Å². The van der Waals surface area contributed by atoms with Crippen LogP contribution in [0.25, 0.3) is 5.69 Å². The van der Waals surface area contributed by atoms with Gasteiger partial charge in [-0.05, 0) is 37.5 Å². The molecule has 1 aliphatic carbocycles. The summed E-state index contributed by atoms with van der Waals surface area (Å²) in [6.45, 7) is 1.72. The highest BCUT2D eigenvalue weighted by atomic mass is 32.2. The molecule has 0 bridgehead atoms. The number of hydrogen-bond donors (Lipinski definition) is 3. The second-order valence-corrected chi connectivity index (χ2v) is 8.23. The number of aromatic nitrogens is 2. The van der Waals surface area contributed by atoms with E-state index in [1.54, 1.807) is 19.1 Å². The largest absolute Gasteiger partial charge is 0.477 e. The lowest BCUT2D eigenvalue weighted by molar-refractivity contribution is 0.0693. The summed E-state index contributed by atoms with van der Waals surface area (Å²) in [4.78, 5) is 23.7. The fraction of sp³-hybridized carbons (Fsp3) is 0.312. The summed E-state index contributed by atoms with van der Waals surface area (Å²) in [5, 5.41) is 15.5. The number of carbonyl (C=O) groups is 2. The molecule has 0 unspecified atom stereocenters. The van der Waals surface area contributed by atoms with Crippen molar-refractivity contribution in [3.05, 3.63) is 34.9 Å². The van der Waals surface area contributed by atoms with Crippen LogP contribution in [0.4, 0.5) is 5.82 Å². The quantitative estimate of drug-likeness (QED) is 0.696. The zero-order chi connectivity index (χ0) is 19.2. The Kier molecular flexibility index (Phi) is 4.23. The Morgan fingerprint density at radius 2 is 2.00 bits per heavy atom. The Morgan fingerprint density at radius 3 is 2.50 bits per heavy atom. The number of aryl methyl sites for hydroxylation is 1. The van der Waals surface area contributed by atoms with Crippen molar-refractivity contribution in [3.63, 3.8) is 0 Å². The lowest BCUT2D eigenvalue weighted by Crippen LogP contribution is -2.25. The van der Waals surface area contributed by atoms with Gasteiger partial charge < -0.3 is 16.2 Å². The lowest BCUT2D eigenvalue weighted by Gasteiger charge is -2.11. The number of amides is 1. The second-order valence-electron chi connectivity index (χ2n) is 6.30. The Morgan fingerprint density at radius 1 is 1.35 bits per heavy atom. The first-order valence-electron chi connectivity index (χ1n) is 7.83. The molecule has 1 heterocycles. The maximum absolute atomic E-state index is 12.3. The smallest absolute Gasteiger partial charge is 0.342 e. The third kappa shape index (κ3) is 3.27. The van der Waals surface area contributed by atoms with E-state index in [9.17, 15) is 23.1 Å². The number of sulfone groups is 1. The van der Waals surface area contributed by atoms with Crippen LogP contribution < -0.4 is 11.1 Å². The van der Waals surface area contributed by atoms with E-state index >= 15 is 0 Å². The van der Waals surface area contributed by atoms with Gasteiger partial charge in [0.1, 0.15) is 11.4 Å². The van der Waals surface area contributed by atoms with Crippen molar-refractivity contribution in [2.75, 3.05) is 12.0 Å². The van der Waals surface area contributed by atoms with Gasteiger partial charge in [-0.2, -0.15) is 5.10 Å². The monoisotopic (exact) mass is 378 g/mol. The fourth-order valence-electron chi connectivity index (χ4n) is 2.53. The molecule has 3 rings (SSSR count). The molecule has 138 valence electrons. The summed E-state index contributed by atoms with van der Waals surface area (Å²) in [6.07, 6.45) is 2.74. The van der Waals surface area contributed by atoms with Crippen LogP contribution in [0.3, 0.4) is 0 Å². The highest BCUT2D eigenvalue weighted by Crippen LogP contribution is 2.27. The number of rotatable bonds is 5. The van der Waals surface area contributed by atoms with Gasteiger partial charge in [-0.25, -0.2) is 17.9 Å². The van der Waals surface area contributed by atoms with E-state index in [0.29, 0.717) is 16.8 Å². The molecule has 0 aliphatic heterocycles. The number of carboxylic acids is 1. The number of carbonyl (C=O) groups excluding carboxylic acids is 1. The number of hydrogen-bond acceptors (Lipinski definition) is 6. The first-order valence-corrected chi connectivity index (χ1v) is 9.72. The highest BCUT2D eigenvalue weighted by Gasteiger charge is 2.29. The number of nitrogen functional groups attached to an aromatic ring is 1.